The van der Waals surface area contributed by atoms with Gasteiger partial charge in [0.15, 0.2) is 5.82 Å². The Bertz CT molecular complexity index is 1240. The molecule has 0 spiro atoms. The Morgan fingerprint density at radius 3 is 2.30 bits per heavy atom. The first-order valence-corrected chi connectivity index (χ1v) is 11.4. The highest BCUT2D eigenvalue weighted by Gasteiger charge is 2.20. The van der Waals surface area contributed by atoms with E-state index in [1.165, 1.54) is 0 Å². The van der Waals surface area contributed by atoms with Gasteiger partial charge in [0, 0.05) is 61.5 Å². The van der Waals surface area contributed by atoms with Gasteiger partial charge in [0.1, 0.15) is 5.82 Å². The molecular formula is C25H29N7O. The smallest absolute Gasteiger partial charge is 0.161 e. The number of nitrogens with zero attached hydrogens (tertiary/aromatic N) is 6. The van der Waals surface area contributed by atoms with E-state index in [0.29, 0.717) is 11.7 Å². The van der Waals surface area contributed by atoms with Crippen LogP contribution in [0.2, 0.25) is 0 Å². The average molecular weight is 444 g/mol. The van der Waals surface area contributed by atoms with Gasteiger partial charge in [-0.1, -0.05) is 18.2 Å². The second-order valence-electron chi connectivity index (χ2n) is 8.90. The summed E-state index contributed by atoms with van der Waals surface area (Å²) in [7, 11) is 3.82. The molecule has 0 bridgehead atoms. The van der Waals surface area contributed by atoms with Gasteiger partial charge < -0.3 is 10.4 Å². The third-order valence-corrected chi connectivity index (χ3v) is 6.34. The van der Waals surface area contributed by atoms with Crippen molar-refractivity contribution in [2.45, 2.75) is 31.8 Å². The minimum atomic E-state index is -0.148. The summed E-state index contributed by atoms with van der Waals surface area (Å²) in [5, 5.41) is 22.0. The number of aliphatic hydroxyl groups is 1. The van der Waals surface area contributed by atoms with E-state index >= 15 is 0 Å². The summed E-state index contributed by atoms with van der Waals surface area (Å²) in [5.41, 5.74) is 5.01. The van der Waals surface area contributed by atoms with Crippen molar-refractivity contribution in [3.63, 3.8) is 0 Å². The first kappa shape index (κ1) is 21.3. The molecular weight excluding hydrogens is 414 g/mol. The third kappa shape index (κ3) is 4.80. The molecule has 8 heteroatoms. The van der Waals surface area contributed by atoms with Gasteiger partial charge in [-0.15, -0.1) is 0 Å². The molecule has 8 nitrogen and oxygen atoms in total. The van der Waals surface area contributed by atoms with Gasteiger partial charge in [0.25, 0.3) is 0 Å². The van der Waals surface area contributed by atoms with Gasteiger partial charge in [0.05, 0.1) is 18.5 Å². The third-order valence-electron chi connectivity index (χ3n) is 6.34. The predicted octanol–water partition coefficient (Wildman–Crippen LogP) is 3.91. The normalized spacial score (nSPS) is 18.4. The largest absolute Gasteiger partial charge is 0.393 e. The van der Waals surface area contributed by atoms with Crippen LogP contribution in [0.15, 0.2) is 55.2 Å². The van der Waals surface area contributed by atoms with Gasteiger partial charge in [-0.05, 0) is 43.2 Å². The van der Waals surface area contributed by atoms with E-state index in [4.69, 9.17) is 9.97 Å². The van der Waals surface area contributed by atoms with Crippen LogP contribution in [0.1, 0.15) is 25.7 Å². The van der Waals surface area contributed by atoms with E-state index in [2.05, 4.69) is 27.6 Å². The fourth-order valence-corrected chi connectivity index (χ4v) is 4.43. The van der Waals surface area contributed by atoms with Crippen LogP contribution in [-0.4, -0.2) is 47.3 Å². The Morgan fingerprint density at radius 2 is 1.61 bits per heavy atom. The Labute approximate surface area is 193 Å². The van der Waals surface area contributed by atoms with E-state index < -0.39 is 0 Å². The van der Waals surface area contributed by atoms with Gasteiger partial charge in [-0.3, -0.25) is 9.36 Å². The van der Waals surface area contributed by atoms with Gasteiger partial charge in [-0.2, -0.15) is 10.2 Å². The molecule has 4 aromatic rings. The topological polar surface area (TPSA) is 93.7 Å². The summed E-state index contributed by atoms with van der Waals surface area (Å²) in [5.74, 6) is 2.02. The zero-order valence-electron chi connectivity index (χ0n) is 19.0. The van der Waals surface area contributed by atoms with Crippen molar-refractivity contribution >= 4 is 5.82 Å². The SMILES string of the molecule is Cn1cc(-c2cccc(-c3ncc(-c4cnn(C)c4)c(NC[C@H]4CC[C@H](O)CC4)n3)c2)cn1. The van der Waals surface area contributed by atoms with Crippen molar-refractivity contribution in [2.75, 3.05) is 11.9 Å². The fraction of sp³-hybridized carbons (Fsp3) is 0.360. The maximum absolute atomic E-state index is 9.82. The molecule has 1 aliphatic rings. The molecule has 0 saturated heterocycles. The highest BCUT2D eigenvalue weighted by molar-refractivity contribution is 5.76. The molecule has 33 heavy (non-hydrogen) atoms. The summed E-state index contributed by atoms with van der Waals surface area (Å²) in [6.45, 7) is 0.826. The van der Waals surface area contributed by atoms with E-state index in [9.17, 15) is 5.11 Å². The van der Waals surface area contributed by atoms with Crippen LogP contribution in [0.25, 0.3) is 33.6 Å². The fourth-order valence-electron chi connectivity index (χ4n) is 4.43. The van der Waals surface area contributed by atoms with Gasteiger partial charge in [0.2, 0.25) is 0 Å². The molecule has 0 radical (unpaired) electrons. The summed E-state index contributed by atoms with van der Waals surface area (Å²) < 4.78 is 3.58. The summed E-state index contributed by atoms with van der Waals surface area (Å²) in [6.07, 6.45) is 13.2. The zero-order valence-corrected chi connectivity index (χ0v) is 19.0. The van der Waals surface area contributed by atoms with E-state index in [1.54, 1.807) is 9.36 Å². The highest BCUT2D eigenvalue weighted by atomic mass is 16.3. The van der Waals surface area contributed by atoms with Crippen molar-refractivity contribution in [1.82, 2.24) is 29.5 Å². The molecule has 0 unspecified atom stereocenters. The number of aromatic nitrogens is 6. The molecule has 1 saturated carbocycles. The van der Waals surface area contributed by atoms with Crippen LogP contribution in [0.3, 0.4) is 0 Å². The molecule has 3 heterocycles. The van der Waals surface area contributed by atoms with Crippen molar-refractivity contribution in [3.05, 3.63) is 55.2 Å². The first-order valence-electron chi connectivity index (χ1n) is 11.4. The van der Waals surface area contributed by atoms with Crippen LogP contribution in [0, 0.1) is 5.92 Å². The van der Waals surface area contributed by atoms with Crippen LogP contribution < -0.4 is 5.32 Å². The van der Waals surface area contributed by atoms with E-state index in [0.717, 1.165) is 65.9 Å². The van der Waals surface area contributed by atoms with Crippen molar-refractivity contribution < 1.29 is 5.11 Å². The van der Waals surface area contributed by atoms with Crippen LogP contribution in [0.5, 0.6) is 0 Å². The number of hydrogen-bond donors (Lipinski definition) is 2. The molecule has 1 aliphatic carbocycles. The minimum absolute atomic E-state index is 0.148. The number of benzene rings is 1. The quantitative estimate of drug-likeness (QED) is 0.469. The zero-order chi connectivity index (χ0) is 22.8. The second kappa shape index (κ2) is 9.15. The lowest BCUT2D eigenvalue weighted by atomic mass is 9.87. The number of rotatable bonds is 6. The number of hydrogen-bond acceptors (Lipinski definition) is 6. The molecule has 2 N–H and O–H groups in total. The number of nitrogens with one attached hydrogen (secondary N) is 1. The maximum Gasteiger partial charge on any atom is 0.161 e. The van der Waals surface area contributed by atoms with Crippen LogP contribution in [0.4, 0.5) is 5.82 Å². The minimum Gasteiger partial charge on any atom is -0.393 e. The van der Waals surface area contributed by atoms with Crippen molar-refractivity contribution in [1.29, 1.82) is 0 Å². The van der Waals surface area contributed by atoms with Crippen molar-refractivity contribution in [2.24, 2.45) is 20.0 Å². The summed E-state index contributed by atoms with van der Waals surface area (Å²) >= 11 is 0. The summed E-state index contributed by atoms with van der Waals surface area (Å²) in [6, 6.07) is 8.23. The van der Waals surface area contributed by atoms with Crippen LogP contribution in [-0.2, 0) is 14.1 Å². The predicted molar refractivity (Wildman–Crippen MR) is 128 cm³/mol. The Kier molecular flexibility index (Phi) is 5.92. The molecule has 3 aromatic heterocycles. The molecule has 170 valence electrons. The molecule has 5 rings (SSSR count). The lowest BCUT2D eigenvalue weighted by Crippen LogP contribution is -2.24. The summed E-state index contributed by atoms with van der Waals surface area (Å²) in [4.78, 5) is 9.64. The van der Waals surface area contributed by atoms with E-state index in [1.807, 2.05) is 57.2 Å². The van der Waals surface area contributed by atoms with E-state index in [-0.39, 0.29) is 6.10 Å². The van der Waals surface area contributed by atoms with Gasteiger partial charge >= 0.3 is 0 Å². The molecule has 0 aliphatic heterocycles. The molecule has 1 aromatic carbocycles. The highest BCUT2D eigenvalue weighted by Crippen LogP contribution is 2.31. The average Bonchev–Trinajstić information content (AvgIpc) is 3.47. The standard InChI is InChI=1S/C25H29N7O/c1-31-15-20(12-28-31)18-4-3-5-19(10-18)24-27-14-23(21-13-29-32(2)16-21)25(30-24)26-11-17-6-8-22(33)9-7-17/h3-5,10,12-17,22,33H,6-9,11H2,1-2H3,(H,26,27,30)/t17-,22-. The Morgan fingerprint density at radius 1 is 0.909 bits per heavy atom. The number of aryl methyl sites for hydroxylation is 2. The maximum atomic E-state index is 9.82. The van der Waals surface area contributed by atoms with Crippen molar-refractivity contribution in [3.8, 4) is 33.6 Å². The lowest BCUT2D eigenvalue weighted by Gasteiger charge is -2.26. The number of aliphatic hydroxyl groups excluding tert-OH is 1. The Hall–Kier alpha value is -3.52. The lowest BCUT2D eigenvalue weighted by molar-refractivity contribution is 0.111. The van der Waals surface area contributed by atoms with Crippen LogP contribution >= 0.6 is 0 Å². The molecule has 0 atom stereocenters. The monoisotopic (exact) mass is 443 g/mol. The second-order valence-corrected chi connectivity index (χ2v) is 8.90. The Balaban J connectivity index is 1.46. The molecule has 0 amide bonds. The van der Waals surface area contributed by atoms with Gasteiger partial charge in [-0.25, -0.2) is 9.97 Å². The first-order chi connectivity index (χ1) is 16.0. The number of anilines is 1. The molecule has 1 fully saturated rings.